The molecule has 2 N–H and O–H groups in total. The molecule has 1 saturated heterocycles. The number of likely N-dealkylation sites (tertiary alicyclic amines) is 1. The highest BCUT2D eigenvalue weighted by atomic mass is 32.2. The minimum Gasteiger partial charge on any atom is -0.374 e. The zero-order valence-electron chi connectivity index (χ0n) is 18.5. The molecule has 0 radical (unpaired) electrons. The van der Waals surface area contributed by atoms with Crippen molar-refractivity contribution in [1.82, 2.24) is 14.5 Å². The zero-order chi connectivity index (χ0) is 23.1. The van der Waals surface area contributed by atoms with E-state index < -0.39 is 10.0 Å². The lowest BCUT2D eigenvalue weighted by atomic mass is 10.1. The normalized spacial score (nSPS) is 16.2. The number of hydrogen-bond donors (Lipinski definition) is 2. The second-order valence-electron chi connectivity index (χ2n) is 7.55. The first-order valence-electron chi connectivity index (χ1n) is 10.4. The van der Waals surface area contributed by atoms with Gasteiger partial charge < -0.3 is 10.6 Å². The van der Waals surface area contributed by atoms with Crippen LogP contribution in [0.3, 0.4) is 0 Å². The molecule has 1 aliphatic rings. The minimum absolute atomic E-state index is 0.00588. The molecule has 0 unspecified atom stereocenters. The van der Waals surface area contributed by atoms with Crippen molar-refractivity contribution in [3.8, 4) is 0 Å². The van der Waals surface area contributed by atoms with Crippen LogP contribution in [-0.4, -0.2) is 63.5 Å². The van der Waals surface area contributed by atoms with Crippen molar-refractivity contribution < 1.29 is 8.42 Å². The molecule has 8 nitrogen and oxygen atoms in total. The van der Waals surface area contributed by atoms with Crippen molar-refractivity contribution in [2.45, 2.75) is 30.3 Å². The molecule has 3 rings (SSSR count). The highest BCUT2D eigenvalue weighted by molar-refractivity contribution is 7.89. The van der Waals surface area contributed by atoms with Crippen LogP contribution in [-0.2, 0) is 16.6 Å². The highest BCUT2D eigenvalue weighted by Crippen LogP contribution is 2.25. The molecule has 1 fully saturated rings. The number of nitrogens with zero attached hydrogens (tertiary/aromatic N) is 4. The van der Waals surface area contributed by atoms with Crippen molar-refractivity contribution in [3.63, 3.8) is 0 Å². The topological polar surface area (TPSA) is 89.4 Å². The Bertz CT molecular complexity index is 1040. The van der Waals surface area contributed by atoms with E-state index >= 15 is 0 Å². The average Bonchev–Trinajstić information content (AvgIpc) is 3.32. The van der Waals surface area contributed by atoms with Crippen LogP contribution in [0.25, 0.3) is 0 Å². The van der Waals surface area contributed by atoms with E-state index in [0.29, 0.717) is 11.5 Å². The summed E-state index contributed by atoms with van der Waals surface area (Å²) in [5.74, 6) is 0.702. The number of guanidine groups is 1. The second kappa shape index (κ2) is 10.9. The smallest absolute Gasteiger partial charge is 0.243 e. The van der Waals surface area contributed by atoms with E-state index in [2.05, 4.69) is 56.3 Å². The number of hydrogen-bond acceptors (Lipinski definition) is 6. The van der Waals surface area contributed by atoms with Crippen LogP contribution in [0.5, 0.6) is 0 Å². The van der Waals surface area contributed by atoms with Crippen LogP contribution in [0.4, 0.5) is 5.69 Å². The van der Waals surface area contributed by atoms with Crippen LogP contribution in [0.2, 0.25) is 0 Å². The summed E-state index contributed by atoms with van der Waals surface area (Å²) in [4.78, 5) is 11.9. The average molecular weight is 475 g/mol. The summed E-state index contributed by atoms with van der Waals surface area (Å²) < 4.78 is 27.9. The Balaban J connectivity index is 1.61. The quantitative estimate of drug-likeness (QED) is 0.453. The number of benzene rings is 1. The molecule has 0 bridgehead atoms. The van der Waals surface area contributed by atoms with Crippen LogP contribution in [0.1, 0.15) is 17.7 Å². The van der Waals surface area contributed by atoms with Gasteiger partial charge in [-0.2, -0.15) is 9.30 Å². The summed E-state index contributed by atoms with van der Waals surface area (Å²) >= 11 is 1.76. The lowest BCUT2D eigenvalue weighted by Gasteiger charge is -2.36. The SMILES string of the molecule is C=N/C(=N\C(=C)NC)Nc1ccc(S(=O)(=O)N(C)C2CCN(Cc3cccs3)CC2)cc1. The Labute approximate surface area is 194 Å². The van der Waals surface area contributed by atoms with Gasteiger partial charge in [-0.05, 0) is 55.3 Å². The molecule has 0 aliphatic carbocycles. The van der Waals surface area contributed by atoms with E-state index in [1.54, 1.807) is 49.7 Å². The summed E-state index contributed by atoms with van der Waals surface area (Å²) in [6.07, 6.45) is 1.64. The molecule has 0 amide bonds. The zero-order valence-corrected chi connectivity index (χ0v) is 20.1. The molecule has 1 aromatic carbocycles. The molecule has 2 heterocycles. The minimum atomic E-state index is -3.58. The number of aliphatic imine (C=N–C) groups is 2. The van der Waals surface area contributed by atoms with Crippen LogP contribution >= 0.6 is 11.3 Å². The molecule has 0 saturated carbocycles. The van der Waals surface area contributed by atoms with E-state index in [1.807, 2.05) is 0 Å². The van der Waals surface area contributed by atoms with Gasteiger partial charge in [0.05, 0.1) is 4.90 Å². The van der Waals surface area contributed by atoms with E-state index in [4.69, 9.17) is 0 Å². The molecule has 172 valence electrons. The van der Waals surface area contributed by atoms with E-state index in [1.165, 1.54) is 9.18 Å². The maximum Gasteiger partial charge on any atom is 0.243 e. The fourth-order valence-corrected chi connectivity index (χ4v) is 5.71. The van der Waals surface area contributed by atoms with Crippen molar-refractivity contribution >= 4 is 39.7 Å². The Hall–Kier alpha value is -2.53. The first kappa shape index (κ1) is 24.1. The maximum absolute atomic E-state index is 13.2. The van der Waals surface area contributed by atoms with Crippen LogP contribution in [0.15, 0.2) is 69.1 Å². The van der Waals surface area contributed by atoms with Gasteiger partial charge in [0.25, 0.3) is 0 Å². The number of anilines is 1. The highest BCUT2D eigenvalue weighted by Gasteiger charge is 2.30. The third-order valence-corrected chi connectivity index (χ3v) is 8.28. The Morgan fingerprint density at radius 2 is 1.94 bits per heavy atom. The Morgan fingerprint density at radius 3 is 2.50 bits per heavy atom. The monoisotopic (exact) mass is 474 g/mol. The molecule has 1 aliphatic heterocycles. The fourth-order valence-electron chi connectivity index (χ4n) is 3.55. The number of rotatable bonds is 8. The van der Waals surface area contributed by atoms with E-state index in [0.717, 1.165) is 32.5 Å². The first-order chi connectivity index (χ1) is 15.3. The summed E-state index contributed by atoms with van der Waals surface area (Å²) in [7, 11) is -0.199. The lowest BCUT2D eigenvalue weighted by molar-refractivity contribution is 0.165. The van der Waals surface area contributed by atoms with Crippen LogP contribution < -0.4 is 10.6 Å². The Morgan fingerprint density at radius 1 is 1.25 bits per heavy atom. The summed E-state index contributed by atoms with van der Waals surface area (Å²) in [6.45, 7) is 9.92. The van der Waals surface area contributed by atoms with Gasteiger partial charge in [-0.3, -0.25) is 4.90 Å². The van der Waals surface area contributed by atoms with Gasteiger partial charge in [-0.25, -0.2) is 13.4 Å². The third kappa shape index (κ3) is 6.04. The number of sulfonamides is 1. The van der Waals surface area contributed by atoms with Gasteiger partial charge in [-0.15, -0.1) is 11.3 Å². The molecular weight excluding hydrogens is 444 g/mol. The van der Waals surface area contributed by atoms with Crippen molar-refractivity contribution in [2.24, 2.45) is 9.98 Å². The summed E-state index contributed by atoms with van der Waals surface area (Å²) in [5.41, 5.74) is 0.656. The summed E-state index contributed by atoms with van der Waals surface area (Å²) in [6, 6.07) is 10.8. The fraction of sp³-hybridized carbons (Fsp3) is 0.364. The van der Waals surface area contributed by atoms with Gasteiger partial charge in [0.1, 0.15) is 5.82 Å². The predicted octanol–water partition coefficient (Wildman–Crippen LogP) is 3.19. The van der Waals surface area contributed by atoms with Gasteiger partial charge in [-0.1, -0.05) is 12.6 Å². The van der Waals surface area contributed by atoms with E-state index in [-0.39, 0.29) is 16.9 Å². The number of thiophene rings is 1. The van der Waals surface area contributed by atoms with Crippen LogP contribution in [0, 0.1) is 0 Å². The summed E-state index contributed by atoms with van der Waals surface area (Å²) in [5, 5.41) is 7.89. The predicted molar refractivity (Wildman–Crippen MR) is 133 cm³/mol. The second-order valence-corrected chi connectivity index (χ2v) is 10.6. The lowest BCUT2D eigenvalue weighted by Crippen LogP contribution is -2.45. The molecule has 1 aromatic heterocycles. The molecule has 0 atom stereocenters. The third-order valence-electron chi connectivity index (χ3n) is 5.50. The van der Waals surface area contributed by atoms with E-state index in [9.17, 15) is 8.42 Å². The van der Waals surface area contributed by atoms with Gasteiger partial charge in [0, 0.05) is 50.3 Å². The van der Waals surface area contributed by atoms with Gasteiger partial charge in [0.2, 0.25) is 16.0 Å². The molecule has 0 spiro atoms. The van der Waals surface area contributed by atoms with Gasteiger partial charge >= 0.3 is 0 Å². The molecule has 32 heavy (non-hydrogen) atoms. The first-order valence-corrected chi connectivity index (χ1v) is 12.7. The maximum atomic E-state index is 13.2. The van der Waals surface area contributed by atoms with Crippen molar-refractivity contribution in [3.05, 3.63) is 59.1 Å². The molecule has 10 heteroatoms. The largest absolute Gasteiger partial charge is 0.374 e. The number of piperidine rings is 1. The van der Waals surface area contributed by atoms with Gasteiger partial charge in [0.15, 0.2) is 0 Å². The van der Waals surface area contributed by atoms with Crippen molar-refractivity contribution in [2.75, 3.05) is 32.5 Å². The molecule has 2 aromatic rings. The standard InChI is InChI=1S/C22H30N6O2S2/c1-17(23-2)25-22(24-3)26-18-7-9-21(10-8-18)32(29,30)27(4)19-11-13-28(14-12-19)16-20-6-5-15-31-20/h5-10,15,19,23H,1,3,11-14,16H2,2,4H3,(H,25,26). The van der Waals surface area contributed by atoms with Crippen molar-refractivity contribution in [1.29, 1.82) is 0 Å². The number of nitrogens with one attached hydrogen (secondary N) is 2. The molecular formula is C22H30N6O2S2. The Kier molecular flexibility index (Phi) is 8.19.